The van der Waals surface area contributed by atoms with Gasteiger partial charge in [-0.05, 0) is 49.2 Å². The SMILES string of the molecule is CCC(=O)Nc1cccc(NC(=O)CNc2cccc(C(=O)NCCCOC)c2)c1C. The zero-order valence-electron chi connectivity index (χ0n) is 18.2. The van der Waals surface area contributed by atoms with Gasteiger partial charge in [-0.3, -0.25) is 14.4 Å². The maximum absolute atomic E-state index is 12.4. The number of benzene rings is 2. The van der Waals surface area contributed by atoms with E-state index in [0.29, 0.717) is 42.2 Å². The molecule has 0 aliphatic rings. The van der Waals surface area contributed by atoms with Crippen LogP contribution >= 0.6 is 0 Å². The minimum Gasteiger partial charge on any atom is -0.385 e. The Morgan fingerprint density at radius 1 is 0.968 bits per heavy atom. The molecule has 3 amide bonds. The first kappa shape index (κ1) is 23.9. The van der Waals surface area contributed by atoms with Gasteiger partial charge in [0.05, 0.1) is 6.54 Å². The number of carbonyl (C=O) groups is 3. The van der Waals surface area contributed by atoms with E-state index in [0.717, 1.165) is 12.0 Å². The normalized spacial score (nSPS) is 10.3. The predicted octanol–water partition coefficient (Wildman–Crippen LogP) is 3.16. The molecule has 0 fully saturated rings. The molecule has 8 nitrogen and oxygen atoms in total. The molecule has 0 aromatic heterocycles. The van der Waals surface area contributed by atoms with Crippen LogP contribution in [-0.2, 0) is 14.3 Å². The summed E-state index contributed by atoms with van der Waals surface area (Å²) in [5.41, 5.74) is 3.26. The molecule has 0 saturated carbocycles. The van der Waals surface area contributed by atoms with Crippen LogP contribution in [0.5, 0.6) is 0 Å². The number of anilines is 3. The van der Waals surface area contributed by atoms with Crippen LogP contribution in [0.25, 0.3) is 0 Å². The van der Waals surface area contributed by atoms with Crippen LogP contribution in [0.3, 0.4) is 0 Å². The highest BCUT2D eigenvalue weighted by atomic mass is 16.5. The van der Waals surface area contributed by atoms with Crippen molar-refractivity contribution < 1.29 is 19.1 Å². The smallest absolute Gasteiger partial charge is 0.251 e. The highest BCUT2D eigenvalue weighted by Gasteiger charge is 2.10. The van der Waals surface area contributed by atoms with Crippen molar-refractivity contribution in [2.75, 3.05) is 42.8 Å². The van der Waals surface area contributed by atoms with Crippen LogP contribution in [0.4, 0.5) is 17.1 Å². The summed E-state index contributed by atoms with van der Waals surface area (Å²) in [6, 6.07) is 12.3. The molecule has 31 heavy (non-hydrogen) atoms. The van der Waals surface area contributed by atoms with Gasteiger partial charge in [0.25, 0.3) is 5.91 Å². The van der Waals surface area contributed by atoms with Gasteiger partial charge >= 0.3 is 0 Å². The zero-order chi connectivity index (χ0) is 22.6. The number of ether oxygens (including phenoxy) is 1. The quantitative estimate of drug-likeness (QED) is 0.413. The van der Waals surface area contributed by atoms with E-state index in [-0.39, 0.29) is 24.3 Å². The molecule has 166 valence electrons. The topological polar surface area (TPSA) is 109 Å². The maximum atomic E-state index is 12.4. The fourth-order valence-electron chi connectivity index (χ4n) is 2.81. The highest BCUT2D eigenvalue weighted by Crippen LogP contribution is 2.23. The summed E-state index contributed by atoms with van der Waals surface area (Å²) < 4.78 is 4.96. The summed E-state index contributed by atoms with van der Waals surface area (Å²) in [4.78, 5) is 36.3. The molecule has 4 N–H and O–H groups in total. The Morgan fingerprint density at radius 3 is 2.32 bits per heavy atom. The van der Waals surface area contributed by atoms with E-state index in [9.17, 15) is 14.4 Å². The fourth-order valence-corrected chi connectivity index (χ4v) is 2.81. The van der Waals surface area contributed by atoms with Crippen molar-refractivity contribution in [3.8, 4) is 0 Å². The molecule has 8 heteroatoms. The molecular formula is C23H30N4O4. The Morgan fingerprint density at radius 2 is 1.65 bits per heavy atom. The summed E-state index contributed by atoms with van der Waals surface area (Å²) in [6.45, 7) is 4.77. The fraction of sp³-hybridized carbons (Fsp3) is 0.348. The summed E-state index contributed by atoms with van der Waals surface area (Å²) in [5.74, 6) is -0.502. The second kappa shape index (κ2) is 12.3. The molecule has 0 bridgehead atoms. The van der Waals surface area contributed by atoms with E-state index in [1.165, 1.54) is 0 Å². The van der Waals surface area contributed by atoms with Crippen molar-refractivity contribution in [3.05, 3.63) is 53.6 Å². The molecule has 0 aliphatic carbocycles. The minimum absolute atomic E-state index is 0.0316. The van der Waals surface area contributed by atoms with Gasteiger partial charge in [-0.25, -0.2) is 0 Å². The summed E-state index contributed by atoms with van der Waals surface area (Å²) in [7, 11) is 1.62. The van der Waals surface area contributed by atoms with Crippen LogP contribution in [0.2, 0.25) is 0 Å². The zero-order valence-corrected chi connectivity index (χ0v) is 18.2. The monoisotopic (exact) mass is 426 g/mol. The molecule has 0 spiro atoms. The van der Waals surface area contributed by atoms with Gasteiger partial charge in [0, 0.05) is 49.3 Å². The van der Waals surface area contributed by atoms with E-state index in [1.54, 1.807) is 56.5 Å². The van der Waals surface area contributed by atoms with Gasteiger partial charge in [0.15, 0.2) is 0 Å². The summed E-state index contributed by atoms with van der Waals surface area (Å²) >= 11 is 0. The third-order valence-corrected chi connectivity index (χ3v) is 4.59. The lowest BCUT2D eigenvalue weighted by Crippen LogP contribution is -2.25. The molecule has 2 aromatic rings. The van der Waals surface area contributed by atoms with Crippen molar-refractivity contribution in [2.45, 2.75) is 26.7 Å². The molecule has 2 aromatic carbocycles. The van der Waals surface area contributed by atoms with E-state index < -0.39 is 0 Å². The number of methoxy groups -OCH3 is 1. The van der Waals surface area contributed by atoms with Crippen molar-refractivity contribution in [2.24, 2.45) is 0 Å². The lowest BCUT2D eigenvalue weighted by molar-refractivity contribution is -0.116. The van der Waals surface area contributed by atoms with Gasteiger partial charge < -0.3 is 26.0 Å². The number of hydrogen-bond donors (Lipinski definition) is 4. The van der Waals surface area contributed by atoms with Crippen molar-refractivity contribution >= 4 is 34.8 Å². The van der Waals surface area contributed by atoms with Crippen molar-refractivity contribution in [1.82, 2.24) is 5.32 Å². The molecule has 0 saturated heterocycles. The Bertz CT molecular complexity index is 914. The van der Waals surface area contributed by atoms with E-state index in [1.807, 2.05) is 6.92 Å². The predicted molar refractivity (Wildman–Crippen MR) is 122 cm³/mol. The number of carbonyl (C=O) groups excluding carboxylic acids is 3. The molecule has 0 aliphatic heterocycles. The lowest BCUT2D eigenvalue weighted by Gasteiger charge is -2.14. The number of amides is 3. The standard InChI is InChI=1S/C23H30N4O4/c1-4-21(28)26-19-10-6-11-20(16(19)2)27-22(29)15-25-18-9-5-8-17(14-18)23(30)24-12-7-13-31-3/h5-6,8-11,14,25H,4,7,12-13,15H2,1-3H3,(H,24,30)(H,26,28)(H,27,29). The average Bonchev–Trinajstić information content (AvgIpc) is 2.78. The van der Waals surface area contributed by atoms with E-state index >= 15 is 0 Å². The van der Waals surface area contributed by atoms with E-state index in [4.69, 9.17) is 4.74 Å². The maximum Gasteiger partial charge on any atom is 0.251 e. The van der Waals surface area contributed by atoms with Gasteiger partial charge in [-0.2, -0.15) is 0 Å². The Labute approximate surface area is 182 Å². The molecule has 2 rings (SSSR count). The van der Waals surface area contributed by atoms with Crippen LogP contribution in [-0.4, -0.2) is 44.5 Å². The molecular weight excluding hydrogens is 396 g/mol. The van der Waals surface area contributed by atoms with Crippen LogP contribution in [0, 0.1) is 6.92 Å². The minimum atomic E-state index is -0.239. The summed E-state index contributed by atoms with van der Waals surface area (Å²) in [6.07, 6.45) is 1.12. The first-order chi connectivity index (χ1) is 14.9. The highest BCUT2D eigenvalue weighted by molar-refractivity contribution is 5.98. The second-order valence-electron chi connectivity index (χ2n) is 6.96. The van der Waals surface area contributed by atoms with Crippen molar-refractivity contribution in [3.63, 3.8) is 0 Å². The van der Waals surface area contributed by atoms with E-state index in [2.05, 4.69) is 21.3 Å². The number of nitrogens with one attached hydrogen (secondary N) is 4. The molecule has 0 heterocycles. The second-order valence-corrected chi connectivity index (χ2v) is 6.96. The third-order valence-electron chi connectivity index (χ3n) is 4.59. The van der Waals surface area contributed by atoms with Crippen LogP contribution < -0.4 is 21.3 Å². The van der Waals surface area contributed by atoms with Crippen molar-refractivity contribution in [1.29, 1.82) is 0 Å². The first-order valence-electron chi connectivity index (χ1n) is 10.2. The number of hydrogen-bond acceptors (Lipinski definition) is 5. The number of rotatable bonds is 11. The third kappa shape index (κ3) is 7.75. The largest absolute Gasteiger partial charge is 0.385 e. The lowest BCUT2D eigenvalue weighted by atomic mass is 10.1. The van der Waals surface area contributed by atoms with Gasteiger partial charge in [0.2, 0.25) is 11.8 Å². The molecule has 0 unspecified atom stereocenters. The summed E-state index contributed by atoms with van der Waals surface area (Å²) in [5, 5.41) is 11.5. The Kier molecular flexibility index (Phi) is 9.51. The Hall–Kier alpha value is -3.39. The Balaban J connectivity index is 1.91. The average molecular weight is 427 g/mol. The van der Waals surface area contributed by atoms with Gasteiger partial charge in [0.1, 0.15) is 0 Å². The van der Waals surface area contributed by atoms with Gasteiger partial charge in [-0.1, -0.05) is 19.1 Å². The molecule has 0 atom stereocenters. The molecule has 0 radical (unpaired) electrons. The van der Waals surface area contributed by atoms with Crippen LogP contribution in [0.1, 0.15) is 35.7 Å². The first-order valence-corrected chi connectivity index (χ1v) is 10.2. The van der Waals surface area contributed by atoms with Gasteiger partial charge in [-0.15, -0.1) is 0 Å². The van der Waals surface area contributed by atoms with Crippen LogP contribution in [0.15, 0.2) is 42.5 Å².